The summed E-state index contributed by atoms with van der Waals surface area (Å²) in [6.07, 6.45) is 2.62. The summed E-state index contributed by atoms with van der Waals surface area (Å²) in [4.78, 5) is 12.0. The van der Waals surface area contributed by atoms with Crippen LogP contribution in [0.15, 0.2) is 12.1 Å². The van der Waals surface area contributed by atoms with E-state index in [1.54, 1.807) is 7.11 Å². The number of carbonyl (C=O) groups is 1. The Bertz CT molecular complexity index is 510. The lowest BCUT2D eigenvalue weighted by Crippen LogP contribution is -2.27. The third-order valence-electron chi connectivity index (χ3n) is 3.62. The summed E-state index contributed by atoms with van der Waals surface area (Å²) < 4.78 is 5.60. The normalized spacial score (nSPS) is 15.1. The molecule has 3 nitrogen and oxygen atoms in total. The molecular formula is C17H25NO2. The molecule has 110 valence electrons. The van der Waals surface area contributed by atoms with E-state index >= 15 is 0 Å². The Morgan fingerprint density at radius 1 is 1.35 bits per heavy atom. The van der Waals surface area contributed by atoms with Crippen LogP contribution in [0.2, 0.25) is 0 Å². The van der Waals surface area contributed by atoms with E-state index in [-0.39, 0.29) is 11.3 Å². The van der Waals surface area contributed by atoms with Crippen LogP contribution in [-0.2, 0) is 16.6 Å². The minimum absolute atomic E-state index is 0.000911. The molecule has 2 rings (SSSR count). The van der Waals surface area contributed by atoms with Crippen LogP contribution in [0.1, 0.15) is 50.3 Å². The number of benzene rings is 1. The molecule has 1 saturated carbocycles. The molecule has 0 saturated heterocycles. The fourth-order valence-electron chi connectivity index (χ4n) is 2.46. The predicted molar refractivity (Wildman–Crippen MR) is 81.3 cm³/mol. The number of methoxy groups -OCH3 is 1. The molecule has 0 heterocycles. The van der Waals surface area contributed by atoms with E-state index in [0.29, 0.717) is 12.5 Å². The van der Waals surface area contributed by atoms with Gasteiger partial charge in [0.2, 0.25) is 5.91 Å². The Hall–Kier alpha value is -1.51. The van der Waals surface area contributed by atoms with Gasteiger partial charge in [0.1, 0.15) is 5.75 Å². The zero-order chi connectivity index (χ0) is 14.9. The summed E-state index contributed by atoms with van der Waals surface area (Å²) in [5.41, 5.74) is 3.31. The van der Waals surface area contributed by atoms with Gasteiger partial charge in [-0.1, -0.05) is 38.5 Å². The second-order valence-corrected chi connectivity index (χ2v) is 6.77. The van der Waals surface area contributed by atoms with Gasteiger partial charge in [0.05, 0.1) is 13.5 Å². The van der Waals surface area contributed by atoms with Gasteiger partial charge in [-0.3, -0.25) is 4.79 Å². The number of hydrogen-bond donors (Lipinski definition) is 1. The summed E-state index contributed by atoms with van der Waals surface area (Å²) in [5, 5.41) is 3.04. The van der Waals surface area contributed by atoms with Gasteiger partial charge in [-0.15, -0.1) is 0 Å². The average molecular weight is 275 g/mol. The van der Waals surface area contributed by atoms with Crippen LogP contribution >= 0.6 is 0 Å². The lowest BCUT2D eigenvalue weighted by atomic mass is 9.83. The smallest absolute Gasteiger partial charge is 0.224 e. The molecule has 0 aliphatic heterocycles. The summed E-state index contributed by atoms with van der Waals surface area (Å²) in [7, 11) is 1.68. The van der Waals surface area contributed by atoms with Crippen LogP contribution in [0, 0.1) is 6.92 Å². The maximum atomic E-state index is 12.0. The van der Waals surface area contributed by atoms with Crippen molar-refractivity contribution in [2.45, 2.75) is 58.4 Å². The van der Waals surface area contributed by atoms with Crippen molar-refractivity contribution >= 4 is 5.91 Å². The third kappa shape index (κ3) is 3.53. The molecule has 0 spiro atoms. The van der Waals surface area contributed by atoms with Crippen LogP contribution in [0.5, 0.6) is 5.75 Å². The average Bonchev–Trinajstić information content (AvgIpc) is 3.10. The third-order valence-corrected chi connectivity index (χ3v) is 3.62. The number of rotatable bonds is 4. The van der Waals surface area contributed by atoms with E-state index in [4.69, 9.17) is 4.74 Å². The van der Waals surface area contributed by atoms with Crippen molar-refractivity contribution in [1.29, 1.82) is 0 Å². The first-order valence-corrected chi connectivity index (χ1v) is 7.28. The van der Waals surface area contributed by atoms with Crippen LogP contribution in [-0.4, -0.2) is 19.1 Å². The molecule has 0 aromatic heterocycles. The van der Waals surface area contributed by atoms with Gasteiger partial charge in [-0.2, -0.15) is 0 Å². The number of nitrogens with one attached hydrogen (secondary N) is 1. The van der Waals surface area contributed by atoms with Crippen molar-refractivity contribution < 1.29 is 9.53 Å². The molecule has 0 unspecified atom stereocenters. The second-order valence-electron chi connectivity index (χ2n) is 6.77. The molecule has 0 atom stereocenters. The van der Waals surface area contributed by atoms with Crippen molar-refractivity contribution in [2.75, 3.05) is 7.11 Å². The summed E-state index contributed by atoms with van der Waals surface area (Å²) in [6, 6.07) is 4.61. The van der Waals surface area contributed by atoms with Gasteiger partial charge >= 0.3 is 0 Å². The summed E-state index contributed by atoms with van der Waals surface area (Å²) in [5.74, 6) is 0.949. The Morgan fingerprint density at radius 3 is 2.50 bits per heavy atom. The molecule has 1 amide bonds. The largest absolute Gasteiger partial charge is 0.496 e. The summed E-state index contributed by atoms with van der Waals surface area (Å²) in [6.45, 7) is 8.56. The maximum absolute atomic E-state index is 12.0. The SMILES string of the molecule is COc1c(CC(=O)NC2CC2)cc(C)cc1C(C)(C)C. The Morgan fingerprint density at radius 2 is 2.00 bits per heavy atom. The van der Waals surface area contributed by atoms with Crippen molar-refractivity contribution in [3.8, 4) is 5.75 Å². The fraction of sp³-hybridized carbons (Fsp3) is 0.588. The first-order chi connectivity index (χ1) is 9.31. The molecule has 1 N–H and O–H groups in total. The van der Waals surface area contributed by atoms with Gasteiger partial charge in [-0.05, 0) is 25.2 Å². The first-order valence-electron chi connectivity index (χ1n) is 7.28. The topological polar surface area (TPSA) is 38.3 Å². The fourth-order valence-corrected chi connectivity index (χ4v) is 2.46. The van der Waals surface area contributed by atoms with Gasteiger partial charge < -0.3 is 10.1 Å². The molecule has 1 aromatic carbocycles. The van der Waals surface area contributed by atoms with E-state index < -0.39 is 0 Å². The second kappa shape index (κ2) is 5.47. The standard InChI is InChI=1S/C17H25NO2/c1-11-8-12(10-15(19)18-13-6-7-13)16(20-5)14(9-11)17(2,3)4/h8-9,13H,6-7,10H2,1-5H3,(H,18,19). The van der Waals surface area contributed by atoms with Crippen molar-refractivity contribution in [3.05, 3.63) is 28.8 Å². The van der Waals surface area contributed by atoms with E-state index in [1.807, 2.05) is 0 Å². The van der Waals surface area contributed by atoms with Gasteiger partial charge in [-0.25, -0.2) is 0 Å². The number of hydrogen-bond acceptors (Lipinski definition) is 2. The minimum Gasteiger partial charge on any atom is -0.496 e. The number of aryl methyl sites for hydroxylation is 1. The van der Waals surface area contributed by atoms with Crippen LogP contribution < -0.4 is 10.1 Å². The monoisotopic (exact) mass is 275 g/mol. The molecule has 3 heteroatoms. The molecule has 1 aliphatic carbocycles. The van der Waals surface area contributed by atoms with Crippen LogP contribution in [0.3, 0.4) is 0 Å². The Balaban J connectivity index is 2.30. The highest BCUT2D eigenvalue weighted by Gasteiger charge is 2.25. The van der Waals surface area contributed by atoms with Crippen molar-refractivity contribution in [3.63, 3.8) is 0 Å². The van der Waals surface area contributed by atoms with E-state index in [1.165, 1.54) is 5.56 Å². The molecule has 1 fully saturated rings. The van der Waals surface area contributed by atoms with Gasteiger partial charge in [0.15, 0.2) is 0 Å². The molecular weight excluding hydrogens is 250 g/mol. The van der Waals surface area contributed by atoms with Crippen molar-refractivity contribution in [1.82, 2.24) is 5.32 Å². The van der Waals surface area contributed by atoms with E-state index in [9.17, 15) is 4.79 Å². The number of ether oxygens (including phenoxy) is 1. The van der Waals surface area contributed by atoms with E-state index in [2.05, 4.69) is 45.1 Å². The molecule has 20 heavy (non-hydrogen) atoms. The predicted octanol–water partition coefficient (Wildman–Crippen LogP) is 3.12. The lowest BCUT2D eigenvalue weighted by molar-refractivity contribution is -0.120. The zero-order valence-corrected chi connectivity index (χ0v) is 13.2. The Kier molecular flexibility index (Phi) is 4.07. The Labute approximate surface area is 121 Å². The molecule has 0 bridgehead atoms. The quantitative estimate of drug-likeness (QED) is 0.917. The molecule has 1 aliphatic rings. The number of carbonyl (C=O) groups excluding carboxylic acids is 1. The lowest BCUT2D eigenvalue weighted by Gasteiger charge is -2.24. The minimum atomic E-state index is -0.000911. The summed E-state index contributed by atoms with van der Waals surface area (Å²) >= 11 is 0. The maximum Gasteiger partial charge on any atom is 0.224 e. The van der Waals surface area contributed by atoms with Gasteiger partial charge in [0, 0.05) is 17.2 Å². The molecule has 0 radical (unpaired) electrons. The van der Waals surface area contributed by atoms with Crippen LogP contribution in [0.4, 0.5) is 0 Å². The van der Waals surface area contributed by atoms with Gasteiger partial charge in [0.25, 0.3) is 0 Å². The highest BCUT2D eigenvalue weighted by Crippen LogP contribution is 2.35. The number of amides is 1. The highest BCUT2D eigenvalue weighted by atomic mass is 16.5. The van der Waals surface area contributed by atoms with E-state index in [0.717, 1.165) is 29.7 Å². The van der Waals surface area contributed by atoms with Crippen LogP contribution in [0.25, 0.3) is 0 Å². The highest BCUT2D eigenvalue weighted by molar-refractivity contribution is 5.80. The van der Waals surface area contributed by atoms with Crippen molar-refractivity contribution in [2.24, 2.45) is 0 Å². The molecule has 1 aromatic rings. The zero-order valence-electron chi connectivity index (χ0n) is 13.2. The first kappa shape index (κ1) is 14.9.